The molecule has 164 valence electrons. The number of aromatic nitrogens is 2. The number of aryl methyl sites for hydroxylation is 2. The first-order chi connectivity index (χ1) is 15.5. The fourth-order valence-corrected chi connectivity index (χ4v) is 3.95. The molecule has 1 unspecified atom stereocenters. The van der Waals surface area contributed by atoms with Crippen LogP contribution in [0.5, 0.6) is 5.75 Å². The number of nitrogens with one attached hydrogen (secondary N) is 1. The maximum absolute atomic E-state index is 12.9. The number of hydrogen-bond acceptors (Lipinski definition) is 3. The molecular formula is C27H29N3O2. The molecule has 5 nitrogen and oxygen atoms in total. The zero-order chi connectivity index (χ0) is 22.7. The zero-order valence-electron chi connectivity index (χ0n) is 19.1. The van der Waals surface area contributed by atoms with Crippen LogP contribution in [0.15, 0.2) is 66.7 Å². The normalized spacial score (nSPS) is 12.0. The van der Waals surface area contributed by atoms with Crippen molar-refractivity contribution in [3.05, 3.63) is 94.8 Å². The van der Waals surface area contributed by atoms with Crippen molar-refractivity contribution in [1.29, 1.82) is 0 Å². The van der Waals surface area contributed by atoms with Crippen LogP contribution in [0.4, 0.5) is 0 Å². The van der Waals surface area contributed by atoms with E-state index in [2.05, 4.69) is 35.9 Å². The average Bonchev–Trinajstić information content (AvgIpc) is 3.16. The summed E-state index contributed by atoms with van der Waals surface area (Å²) in [5, 5.41) is 3.12. The molecule has 0 aliphatic heterocycles. The number of para-hydroxylation sites is 2. The maximum atomic E-state index is 12.9. The largest absolute Gasteiger partial charge is 0.491 e. The predicted octanol–water partition coefficient (Wildman–Crippen LogP) is 5.53. The van der Waals surface area contributed by atoms with Crippen LogP contribution in [0.2, 0.25) is 0 Å². The first kappa shape index (κ1) is 21.6. The number of imidazole rings is 1. The molecule has 0 fully saturated rings. The number of carbonyl (C=O) groups excluding carboxylic acids is 1. The van der Waals surface area contributed by atoms with Gasteiger partial charge in [-0.1, -0.05) is 42.5 Å². The summed E-state index contributed by atoms with van der Waals surface area (Å²) in [6.45, 7) is 9.22. The minimum atomic E-state index is -0.254. The molecule has 0 aliphatic carbocycles. The van der Waals surface area contributed by atoms with Gasteiger partial charge in [-0.25, -0.2) is 4.98 Å². The lowest BCUT2D eigenvalue weighted by atomic mass is 10.1. The monoisotopic (exact) mass is 427 g/mol. The Morgan fingerprint density at radius 2 is 1.69 bits per heavy atom. The van der Waals surface area contributed by atoms with E-state index in [0.717, 1.165) is 33.7 Å². The van der Waals surface area contributed by atoms with Crippen LogP contribution in [0, 0.1) is 20.8 Å². The third-order valence-corrected chi connectivity index (χ3v) is 5.94. The Labute approximate surface area is 189 Å². The number of benzene rings is 3. The molecule has 0 saturated carbocycles. The molecule has 0 saturated heterocycles. The van der Waals surface area contributed by atoms with Gasteiger partial charge in [0.25, 0.3) is 5.91 Å². The van der Waals surface area contributed by atoms with Gasteiger partial charge in [-0.2, -0.15) is 0 Å². The molecule has 5 heteroatoms. The van der Waals surface area contributed by atoms with Crippen molar-refractivity contribution in [3.63, 3.8) is 0 Å². The maximum Gasteiger partial charge on any atom is 0.252 e. The van der Waals surface area contributed by atoms with Gasteiger partial charge in [0.2, 0.25) is 0 Å². The Bertz CT molecular complexity index is 1260. The Hall–Kier alpha value is -3.60. The van der Waals surface area contributed by atoms with Crippen LogP contribution in [0.25, 0.3) is 11.0 Å². The van der Waals surface area contributed by atoms with Crippen LogP contribution in [0.3, 0.4) is 0 Å². The van der Waals surface area contributed by atoms with E-state index in [-0.39, 0.29) is 11.9 Å². The number of rotatable bonds is 7. The second-order valence-electron chi connectivity index (χ2n) is 8.17. The van der Waals surface area contributed by atoms with E-state index in [9.17, 15) is 4.79 Å². The lowest BCUT2D eigenvalue weighted by Crippen LogP contribution is -2.29. The summed E-state index contributed by atoms with van der Waals surface area (Å²) < 4.78 is 8.25. The highest BCUT2D eigenvalue weighted by molar-refractivity contribution is 5.95. The Morgan fingerprint density at radius 1 is 0.969 bits per heavy atom. The van der Waals surface area contributed by atoms with Crippen molar-refractivity contribution in [2.45, 2.75) is 40.3 Å². The summed E-state index contributed by atoms with van der Waals surface area (Å²) in [5.74, 6) is 1.62. The quantitative estimate of drug-likeness (QED) is 0.422. The summed E-state index contributed by atoms with van der Waals surface area (Å²) in [4.78, 5) is 17.7. The molecule has 3 aromatic carbocycles. The van der Waals surface area contributed by atoms with E-state index in [0.29, 0.717) is 18.7 Å². The fourth-order valence-electron chi connectivity index (χ4n) is 3.95. The SMILES string of the molecule is Cc1ccccc1C(=O)NC(C)c1nc2ccccc2n1CCOc1cccc(C)c1C. The number of ether oxygens (including phenoxy) is 1. The Morgan fingerprint density at radius 3 is 2.50 bits per heavy atom. The minimum absolute atomic E-state index is 0.0964. The van der Waals surface area contributed by atoms with Gasteiger partial charge in [-0.3, -0.25) is 4.79 Å². The summed E-state index contributed by atoms with van der Waals surface area (Å²) in [6.07, 6.45) is 0. The second-order valence-corrected chi connectivity index (χ2v) is 8.17. The van der Waals surface area contributed by atoms with Crippen molar-refractivity contribution < 1.29 is 9.53 Å². The lowest BCUT2D eigenvalue weighted by Gasteiger charge is -2.18. The van der Waals surface area contributed by atoms with Crippen LogP contribution < -0.4 is 10.1 Å². The molecule has 1 heterocycles. The van der Waals surface area contributed by atoms with E-state index in [1.807, 2.05) is 68.4 Å². The number of fused-ring (bicyclic) bond motifs is 1. The second kappa shape index (κ2) is 9.27. The van der Waals surface area contributed by atoms with Crippen LogP contribution in [-0.4, -0.2) is 22.1 Å². The topological polar surface area (TPSA) is 56.2 Å². The molecule has 0 radical (unpaired) electrons. The molecule has 4 rings (SSSR count). The molecule has 1 amide bonds. The van der Waals surface area contributed by atoms with Gasteiger partial charge in [0.15, 0.2) is 0 Å². The molecule has 0 aliphatic rings. The van der Waals surface area contributed by atoms with Gasteiger partial charge < -0.3 is 14.6 Å². The zero-order valence-corrected chi connectivity index (χ0v) is 19.1. The number of nitrogens with zero attached hydrogens (tertiary/aromatic N) is 2. The Kier molecular flexibility index (Phi) is 6.26. The van der Waals surface area contributed by atoms with Crippen molar-refractivity contribution in [2.75, 3.05) is 6.61 Å². The van der Waals surface area contributed by atoms with Gasteiger partial charge >= 0.3 is 0 Å². The molecular weight excluding hydrogens is 398 g/mol. The highest BCUT2D eigenvalue weighted by Gasteiger charge is 2.20. The van der Waals surface area contributed by atoms with Gasteiger partial charge in [-0.15, -0.1) is 0 Å². The van der Waals surface area contributed by atoms with Gasteiger partial charge in [0, 0.05) is 5.56 Å². The van der Waals surface area contributed by atoms with E-state index >= 15 is 0 Å². The summed E-state index contributed by atoms with van der Waals surface area (Å²) in [7, 11) is 0. The van der Waals surface area contributed by atoms with Gasteiger partial charge in [-0.05, 0) is 68.7 Å². The molecule has 0 spiro atoms. The fraction of sp³-hybridized carbons (Fsp3) is 0.259. The van der Waals surface area contributed by atoms with E-state index < -0.39 is 0 Å². The minimum Gasteiger partial charge on any atom is -0.491 e. The van der Waals surface area contributed by atoms with Crippen molar-refractivity contribution >= 4 is 16.9 Å². The highest BCUT2D eigenvalue weighted by atomic mass is 16.5. The van der Waals surface area contributed by atoms with E-state index in [1.54, 1.807) is 0 Å². The average molecular weight is 428 g/mol. The first-order valence-electron chi connectivity index (χ1n) is 11.0. The van der Waals surface area contributed by atoms with Crippen molar-refractivity contribution in [2.24, 2.45) is 0 Å². The summed E-state index contributed by atoms with van der Waals surface area (Å²) >= 11 is 0. The molecule has 0 bridgehead atoms. The molecule has 32 heavy (non-hydrogen) atoms. The molecule has 1 N–H and O–H groups in total. The van der Waals surface area contributed by atoms with Gasteiger partial charge in [0.1, 0.15) is 18.2 Å². The predicted molar refractivity (Wildman–Crippen MR) is 128 cm³/mol. The van der Waals surface area contributed by atoms with Crippen LogP contribution in [0.1, 0.15) is 45.8 Å². The third-order valence-electron chi connectivity index (χ3n) is 5.94. The van der Waals surface area contributed by atoms with Crippen molar-refractivity contribution in [1.82, 2.24) is 14.9 Å². The molecule has 1 aromatic heterocycles. The smallest absolute Gasteiger partial charge is 0.252 e. The first-order valence-corrected chi connectivity index (χ1v) is 11.0. The number of amides is 1. The highest BCUT2D eigenvalue weighted by Crippen LogP contribution is 2.23. The third kappa shape index (κ3) is 4.37. The number of carbonyl (C=O) groups is 1. The lowest BCUT2D eigenvalue weighted by molar-refractivity contribution is 0.0937. The standard InChI is InChI=1S/C27H29N3O2/c1-18-11-9-15-25(20(18)3)32-17-16-30-24-14-8-7-13-23(24)29-26(30)21(4)28-27(31)22-12-6-5-10-19(22)2/h5-15,21H,16-17H2,1-4H3,(H,28,31). The number of hydrogen-bond donors (Lipinski definition) is 1. The molecule has 1 atom stereocenters. The summed E-state index contributed by atoms with van der Waals surface area (Å²) in [5.41, 5.74) is 5.94. The van der Waals surface area contributed by atoms with Crippen LogP contribution in [-0.2, 0) is 6.54 Å². The van der Waals surface area contributed by atoms with Gasteiger partial charge in [0.05, 0.1) is 23.6 Å². The Balaban J connectivity index is 1.56. The summed E-state index contributed by atoms with van der Waals surface area (Å²) in [6, 6.07) is 21.5. The van der Waals surface area contributed by atoms with Crippen molar-refractivity contribution in [3.8, 4) is 5.75 Å². The van der Waals surface area contributed by atoms with Crippen LogP contribution >= 0.6 is 0 Å². The molecule has 4 aromatic rings. The van der Waals surface area contributed by atoms with E-state index in [1.165, 1.54) is 5.56 Å². The van der Waals surface area contributed by atoms with E-state index in [4.69, 9.17) is 9.72 Å².